The van der Waals surface area contributed by atoms with Crippen molar-refractivity contribution >= 4 is 23.2 Å². The molecule has 3 heterocycles. The number of ether oxygens (including phenoxy) is 1. The standard InChI is InChI=1S/C23H28N2O3S/c26-22(16-19-6-5-15-29-19)24-13-9-18(10-14-24)17-28-21-8-2-1-7-20(21)23(27)25-11-3-4-12-25/h1-2,5-8,15,18H,3-4,9-14,16-17H2. The summed E-state index contributed by atoms with van der Waals surface area (Å²) in [4.78, 5) is 30.2. The first kappa shape index (κ1) is 20.0. The monoisotopic (exact) mass is 412 g/mol. The summed E-state index contributed by atoms with van der Waals surface area (Å²) >= 11 is 1.64. The van der Waals surface area contributed by atoms with Crippen LogP contribution in [-0.4, -0.2) is 54.4 Å². The van der Waals surface area contributed by atoms with Gasteiger partial charge in [-0.05, 0) is 55.2 Å². The molecule has 0 spiro atoms. The van der Waals surface area contributed by atoms with E-state index in [0.29, 0.717) is 30.3 Å². The minimum atomic E-state index is 0.0760. The van der Waals surface area contributed by atoms with Gasteiger partial charge in [0.25, 0.3) is 5.91 Å². The molecule has 6 heteroatoms. The van der Waals surface area contributed by atoms with Crippen molar-refractivity contribution in [3.05, 3.63) is 52.2 Å². The lowest BCUT2D eigenvalue weighted by molar-refractivity contribution is -0.131. The number of rotatable bonds is 6. The Bertz CT molecular complexity index is 822. The molecular formula is C23H28N2O3S. The third-order valence-electron chi connectivity index (χ3n) is 5.86. The number of piperidine rings is 1. The quantitative estimate of drug-likeness (QED) is 0.724. The molecule has 2 fully saturated rings. The molecule has 2 amide bonds. The van der Waals surface area contributed by atoms with Crippen molar-refractivity contribution in [2.45, 2.75) is 32.1 Å². The fourth-order valence-corrected chi connectivity index (χ4v) is 4.79. The Balaban J connectivity index is 1.27. The first-order valence-electron chi connectivity index (χ1n) is 10.5. The second kappa shape index (κ2) is 9.44. The Morgan fingerprint density at radius 1 is 0.966 bits per heavy atom. The maximum atomic E-state index is 12.8. The molecule has 2 aromatic rings. The summed E-state index contributed by atoms with van der Waals surface area (Å²) in [5.74, 6) is 1.39. The van der Waals surface area contributed by atoms with Crippen molar-refractivity contribution in [1.82, 2.24) is 9.80 Å². The van der Waals surface area contributed by atoms with Crippen LogP contribution in [0, 0.1) is 5.92 Å². The van der Waals surface area contributed by atoms with E-state index in [2.05, 4.69) is 0 Å². The molecule has 0 N–H and O–H groups in total. The van der Waals surface area contributed by atoms with Gasteiger partial charge in [-0.1, -0.05) is 18.2 Å². The van der Waals surface area contributed by atoms with Gasteiger partial charge in [0, 0.05) is 31.1 Å². The highest BCUT2D eigenvalue weighted by molar-refractivity contribution is 7.10. The molecule has 2 saturated heterocycles. The zero-order valence-corrected chi connectivity index (χ0v) is 17.5. The largest absolute Gasteiger partial charge is 0.492 e. The van der Waals surface area contributed by atoms with E-state index in [-0.39, 0.29) is 11.8 Å². The molecule has 4 rings (SSSR count). The smallest absolute Gasteiger partial charge is 0.257 e. The van der Waals surface area contributed by atoms with Crippen LogP contribution in [0.2, 0.25) is 0 Å². The van der Waals surface area contributed by atoms with Gasteiger partial charge in [-0.3, -0.25) is 9.59 Å². The van der Waals surface area contributed by atoms with Gasteiger partial charge < -0.3 is 14.5 Å². The van der Waals surface area contributed by atoms with Crippen LogP contribution in [-0.2, 0) is 11.2 Å². The lowest BCUT2D eigenvalue weighted by Crippen LogP contribution is -2.40. The Labute approximate surface area is 176 Å². The predicted octanol–water partition coefficient (Wildman–Crippen LogP) is 3.84. The maximum absolute atomic E-state index is 12.8. The third-order valence-corrected chi connectivity index (χ3v) is 6.73. The summed E-state index contributed by atoms with van der Waals surface area (Å²) in [6, 6.07) is 11.6. The number of carbonyl (C=O) groups is 2. The maximum Gasteiger partial charge on any atom is 0.257 e. The topological polar surface area (TPSA) is 49.9 Å². The molecule has 29 heavy (non-hydrogen) atoms. The lowest BCUT2D eigenvalue weighted by Gasteiger charge is -2.32. The second-order valence-electron chi connectivity index (χ2n) is 7.89. The van der Waals surface area contributed by atoms with E-state index in [1.54, 1.807) is 11.3 Å². The van der Waals surface area contributed by atoms with Crippen LogP contribution in [0.15, 0.2) is 41.8 Å². The zero-order chi connectivity index (χ0) is 20.1. The highest BCUT2D eigenvalue weighted by Crippen LogP contribution is 2.25. The van der Waals surface area contributed by atoms with Crippen LogP contribution >= 0.6 is 11.3 Å². The predicted molar refractivity (Wildman–Crippen MR) is 114 cm³/mol. The summed E-state index contributed by atoms with van der Waals surface area (Å²) in [7, 11) is 0. The molecule has 1 aromatic heterocycles. The first-order chi connectivity index (χ1) is 14.2. The Hall–Kier alpha value is -2.34. The summed E-state index contributed by atoms with van der Waals surface area (Å²) in [6.07, 6.45) is 4.55. The van der Waals surface area contributed by atoms with Crippen molar-refractivity contribution in [3.63, 3.8) is 0 Å². The molecule has 0 bridgehead atoms. The molecule has 0 unspecified atom stereocenters. The van der Waals surface area contributed by atoms with E-state index in [4.69, 9.17) is 4.74 Å². The number of thiophene rings is 1. The van der Waals surface area contributed by atoms with E-state index in [1.165, 1.54) is 0 Å². The average Bonchev–Trinajstić information content (AvgIpc) is 3.47. The molecule has 0 atom stereocenters. The van der Waals surface area contributed by atoms with Crippen LogP contribution in [0.4, 0.5) is 0 Å². The molecule has 154 valence electrons. The van der Waals surface area contributed by atoms with Gasteiger partial charge in [0.2, 0.25) is 5.91 Å². The van der Waals surface area contributed by atoms with Gasteiger partial charge >= 0.3 is 0 Å². The van der Waals surface area contributed by atoms with Crippen molar-refractivity contribution < 1.29 is 14.3 Å². The van der Waals surface area contributed by atoms with E-state index in [1.807, 2.05) is 51.6 Å². The van der Waals surface area contributed by atoms with Gasteiger partial charge in [0.05, 0.1) is 18.6 Å². The van der Waals surface area contributed by atoms with Crippen molar-refractivity contribution in [3.8, 4) is 5.75 Å². The molecule has 2 aliphatic rings. The van der Waals surface area contributed by atoms with E-state index >= 15 is 0 Å². The zero-order valence-electron chi connectivity index (χ0n) is 16.7. The van der Waals surface area contributed by atoms with Gasteiger partial charge in [-0.15, -0.1) is 11.3 Å². The fraction of sp³-hybridized carbons (Fsp3) is 0.478. The van der Waals surface area contributed by atoms with Gasteiger partial charge in [-0.2, -0.15) is 0 Å². The first-order valence-corrected chi connectivity index (χ1v) is 11.4. The van der Waals surface area contributed by atoms with Crippen LogP contribution in [0.5, 0.6) is 5.75 Å². The molecule has 0 aliphatic carbocycles. The van der Waals surface area contributed by atoms with Crippen molar-refractivity contribution in [1.29, 1.82) is 0 Å². The highest BCUT2D eigenvalue weighted by Gasteiger charge is 2.25. The fourth-order valence-electron chi connectivity index (χ4n) is 4.09. The van der Waals surface area contributed by atoms with Crippen LogP contribution in [0.1, 0.15) is 40.9 Å². The Kier molecular flexibility index (Phi) is 6.49. The highest BCUT2D eigenvalue weighted by atomic mass is 32.1. The molecular weight excluding hydrogens is 384 g/mol. The Morgan fingerprint density at radius 3 is 2.45 bits per heavy atom. The minimum absolute atomic E-state index is 0.0760. The van der Waals surface area contributed by atoms with Gasteiger partial charge in [0.15, 0.2) is 0 Å². The number of para-hydroxylation sites is 1. The summed E-state index contributed by atoms with van der Waals surface area (Å²) < 4.78 is 6.09. The number of amides is 2. The van der Waals surface area contributed by atoms with E-state index in [0.717, 1.165) is 56.7 Å². The number of benzene rings is 1. The van der Waals surface area contributed by atoms with Gasteiger partial charge in [0.1, 0.15) is 5.75 Å². The summed E-state index contributed by atoms with van der Waals surface area (Å²) in [5.41, 5.74) is 0.665. The summed E-state index contributed by atoms with van der Waals surface area (Å²) in [5, 5.41) is 2.01. The second-order valence-corrected chi connectivity index (χ2v) is 8.92. The molecule has 1 aromatic carbocycles. The number of carbonyl (C=O) groups excluding carboxylic acids is 2. The normalized spacial score (nSPS) is 17.5. The number of nitrogens with zero attached hydrogens (tertiary/aromatic N) is 2. The molecule has 5 nitrogen and oxygen atoms in total. The van der Waals surface area contributed by atoms with Crippen LogP contribution < -0.4 is 4.74 Å². The molecule has 0 saturated carbocycles. The minimum Gasteiger partial charge on any atom is -0.492 e. The summed E-state index contributed by atoms with van der Waals surface area (Å²) in [6.45, 7) is 3.84. The van der Waals surface area contributed by atoms with E-state index in [9.17, 15) is 9.59 Å². The lowest BCUT2D eigenvalue weighted by atomic mass is 9.97. The van der Waals surface area contributed by atoms with Crippen LogP contribution in [0.3, 0.4) is 0 Å². The number of hydrogen-bond acceptors (Lipinski definition) is 4. The average molecular weight is 413 g/mol. The molecule has 0 radical (unpaired) electrons. The van der Waals surface area contributed by atoms with Crippen molar-refractivity contribution in [2.75, 3.05) is 32.8 Å². The molecule has 2 aliphatic heterocycles. The van der Waals surface area contributed by atoms with E-state index < -0.39 is 0 Å². The van der Waals surface area contributed by atoms with Gasteiger partial charge in [-0.25, -0.2) is 0 Å². The Morgan fingerprint density at radius 2 is 1.72 bits per heavy atom. The number of likely N-dealkylation sites (tertiary alicyclic amines) is 2. The number of hydrogen-bond donors (Lipinski definition) is 0. The SMILES string of the molecule is O=C(Cc1cccs1)N1CCC(COc2ccccc2C(=O)N2CCCC2)CC1. The van der Waals surface area contributed by atoms with Crippen molar-refractivity contribution in [2.24, 2.45) is 5.92 Å². The van der Waals surface area contributed by atoms with Crippen LogP contribution in [0.25, 0.3) is 0 Å². The third kappa shape index (κ3) is 4.99.